The third-order valence-corrected chi connectivity index (χ3v) is 6.67. The summed E-state index contributed by atoms with van der Waals surface area (Å²) in [5.41, 5.74) is 5.87. The van der Waals surface area contributed by atoms with Crippen LogP contribution >= 0.6 is 0 Å². The largest absolute Gasteiger partial charge is 0.0836 e. The first kappa shape index (κ1) is 16.0. The van der Waals surface area contributed by atoms with E-state index in [0.29, 0.717) is 0 Å². The predicted octanol–water partition coefficient (Wildman–Crippen LogP) is 4.58. The molecule has 1 aliphatic carbocycles. The molecule has 1 aliphatic rings. The predicted molar refractivity (Wildman–Crippen MR) is 105 cm³/mol. The standard InChI is InChI=1S/C22H26Si/c1-3-4-8-18-12-14-19(15-13-18)22-17(2)11-16-21(22)23-20-9-6-5-7-10-20/h5-7,9-15H,3-4,8,16,23H2,1-2H3. The number of hydrogen-bond donors (Lipinski definition) is 0. The fraction of sp³-hybridized carbons (Fsp3) is 0.273. The van der Waals surface area contributed by atoms with E-state index in [1.165, 1.54) is 41.5 Å². The Bertz CT molecular complexity index is 705. The van der Waals surface area contributed by atoms with Gasteiger partial charge in [0.1, 0.15) is 0 Å². The Balaban J connectivity index is 1.85. The van der Waals surface area contributed by atoms with E-state index in [-0.39, 0.29) is 9.52 Å². The van der Waals surface area contributed by atoms with Gasteiger partial charge in [0.2, 0.25) is 0 Å². The summed E-state index contributed by atoms with van der Waals surface area (Å²) in [4.78, 5) is 0. The van der Waals surface area contributed by atoms with Gasteiger partial charge in [-0.3, -0.25) is 0 Å². The van der Waals surface area contributed by atoms with E-state index in [1.807, 2.05) is 0 Å². The first-order valence-electron chi connectivity index (χ1n) is 8.80. The van der Waals surface area contributed by atoms with Crippen molar-refractivity contribution in [1.29, 1.82) is 0 Å². The summed E-state index contributed by atoms with van der Waals surface area (Å²) >= 11 is 0. The summed E-state index contributed by atoms with van der Waals surface area (Å²) in [6.07, 6.45) is 7.32. The van der Waals surface area contributed by atoms with Crippen molar-refractivity contribution >= 4 is 20.3 Å². The van der Waals surface area contributed by atoms with E-state index >= 15 is 0 Å². The Morgan fingerprint density at radius 2 is 1.70 bits per heavy atom. The second-order valence-electron chi connectivity index (χ2n) is 6.53. The number of hydrogen-bond acceptors (Lipinski definition) is 0. The summed E-state index contributed by atoms with van der Waals surface area (Å²) in [6.45, 7) is 4.53. The van der Waals surface area contributed by atoms with Gasteiger partial charge < -0.3 is 0 Å². The molecule has 0 spiro atoms. The van der Waals surface area contributed by atoms with Crippen LogP contribution in [0.3, 0.4) is 0 Å². The fourth-order valence-electron chi connectivity index (χ4n) is 3.41. The van der Waals surface area contributed by atoms with E-state index in [2.05, 4.69) is 74.5 Å². The summed E-state index contributed by atoms with van der Waals surface area (Å²) in [7, 11) is -0.353. The van der Waals surface area contributed by atoms with Crippen LogP contribution in [-0.2, 0) is 6.42 Å². The Hall–Kier alpha value is -1.86. The molecule has 0 fully saturated rings. The van der Waals surface area contributed by atoms with Crippen molar-refractivity contribution in [2.75, 3.05) is 0 Å². The van der Waals surface area contributed by atoms with Crippen molar-refractivity contribution in [1.82, 2.24) is 0 Å². The molecule has 23 heavy (non-hydrogen) atoms. The fourth-order valence-corrected chi connectivity index (χ4v) is 5.36. The number of unbranched alkanes of at least 4 members (excludes halogenated alkanes) is 1. The van der Waals surface area contributed by atoms with Crippen LogP contribution < -0.4 is 5.19 Å². The van der Waals surface area contributed by atoms with Gasteiger partial charge in [-0.15, -0.1) is 0 Å². The maximum Gasteiger partial charge on any atom is 0.0836 e. The maximum atomic E-state index is 2.41. The lowest BCUT2D eigenvalue weighted by molar-refractivity contribution is 0.795. The third kappa shape index (κ3) is 3.91. The molecule has 118 valence electrons. The molecule has 0 radical (unpaired) electrons. The van der Waals surface area contributed by atoms with Crippen LogP contribution in [0.25, 0.3) is 5.57 Å². The van der Waals surface area contributed by atoms with Crippen molar-refractivity contribution in [3.8, 4) is 0 Å². The van der Waals surface area contributed by atoms with Gasteiger partial charge in [0.05, 0.1) is 9.52 Å². The van der Waals surface area contributed by atoms with E-state index < -0.39 is 0 Å². The lowest BCUT2D eigenvalue weighted by Gasteiger charge is -2.11. The smallest absolute Gasteiger partial charge is 0.0773 e. The Morgan fingerprint density at radius 1 is 0.957 bits per heavy atom. The molecule has 0 unspecified atom stereocenters. The van der Waals surface area contributed by atoms with Crippen LogP contribution in [0.5, 0.6) is 0 Å². The molecule has 0 aromatic heterocycles. The average Bonchev–Trinajstić information content (AvgIpc) is 2.95. The molecule has 3 rings (SSSR count). The highest BCUT2D eigenvalue weighted by Gasteiger charge is 2.16. The third-order valence-electron chi connectivity index (χ3n) is 4.72. The molecule has 0 bridgehead atoms. The van der Waals surface area contributed by atoms with Gasteiger partial charge in [0.25, 0.3) is 0 Å². The van der Waals surface area contributed by atoms with Crippen LogP contribution in [-0.4, -0.2) is 9.52 Å². The average molecular weight is 319 g/mol. The van der Waals surface area contributed by atoms with Crippen molar-refractivity contribution in [3.05, 3.63) is 82.6 Å². The molecule has 2 aromatic carbocycles. The highest BCUT2D eigenvalue weighted by molar-refractivity contribution is 6.62. The van der Waals surface area contributed by atoms with Gasteiger partial charge in [0, 0.05) is 0 Å². The van der Waals surface area contributed by atoms with Gasteiger partial charge in [-0.2, -0.15) is 0 Å². The molecule has 0 heterocycles. The molecule has 0 N–H and O–H groups in total. The number of aryl methyl sites for hydroxylation is 1. The zero-order valence-electron chi connectivity index (χ0n) is 14.3. The SMILES string of the molecule is CCCCc1ccc(C2=C([SiH2]c3ccccc3)CC=C2C)cc1. The first-order valence-corrected chi connectivity index (χ1v) is 10.2. The summed E-state index contributed by atoms with van der Waals surface area (Å²) in [5.74, 6) is 0. The summed E-state index contributed by atoms with van der Waals surface area (Å²) in [6, 6.07) is 20.3. The molecule has 1 heteroatoms. The van der Waals surface area contributed by atoms with E-state index in [9.17, 15) is 0 Å². The van der Waals surface area contributed by atoms with Gasteiger partial charge in [0.15, 0.2) is 0 Å². The maximum absolute atomic E-state index is 2.41. The van der Waals surface area contributed by atoms with Crippen molar-refractivity contribution < 1.29 is 0 Å². The molecular weight excluding hydrogens is 292 g/mol. The lowest BCUT2D eigenvalue weighted by Crippen LogP contribution is -2.16. The molecular formula is C22H26Si. The minimum Gasteiger partial charge on any atom is -0.0773 e. The van der Waals surface area contributed by atoms with Crippen LogP contribution in [0.2, 0.25) is 0 Å². The molecule has 0 aliphatic heterocycles. The van der Waals surface area contributed by atoms with E-state index in [0.717, 1.165) is 6.42 Å². The molecule has 0 atom stereocenters. The van der Waals surface area contributed by atoms with Crippen LogP contribution in [0.4, 0.5) is 0 Å². The monoisotopic (exact) mass is 318 g/mol. The van der Waals surface area contributed by atoms with Crippen molar-refractivity contribution in [2.24, 2.45) is 0 Å². The molecule has 0 saturated heterocycles. The zero-order chi connectivity index (χ0) is 16.1. The van der Waals surface area contributed by atoms with Gasteiger partial charge in [-0.05, 0) is 48.5 Å². The quantitative estimate of drug-likeness (QED) is 0.684. The molecule has 0 nitrogen and oxygen atoms in total. The van der Waals surface area contributed by atoms with Crippen LogP contribution in [0.1, 0.15) is 44.2 Å². The zero-order valence-corrected chi connectivity index (χ0v) is 15.7. The topological polar surface area (TPSA) is 0 Å². The van der Waals surface area contributed by atoms with Crippen LogP contribution in [0, 0.1) is 0 Å². The van der Waals surface area contributed by atoms with Gasteiger partial charge in [-0.25, -0.2) is 0 Å². The molecule has 0 amide bonds. The first-order chi connectivity index (χ1) is 11.3. The van der Waals surface area contributed by atoms with Crippen LogP contribution in [0.15, 0.2) is 71.4 Å². The highest BCUT2D eigenvalue weighted by atomic mass is 28.2. The summed E-state index contributed by atoms with van der Waals surface area (Å²) in [5, 5.41) is 3.23. The van der Waals surface area contributed by atoms with Crippen molar-refractivity contribution in [2.45, 2.75) is 39.5 Å². The van der Waals surface area contributed by atoms with Gasteiger partial charge in [-0.1, -0.05) is 84.4 Å². The second kappa shape index (κ2) is 7.61. The number of benzene rings is 2. The minimum absolute atomic E-state index is 0.353. The lowest BCUT2D eigenvalue weighted by atomic mass is 9.99. The number of allylic oxidation sites excluding steroid dienone is 4. The van der Waals surface area contributed by atoms with Gasteiger partial charge >= 0.3 is 0 Å². The Morgan fingerprint density at radius 3 is 2.39 bits per heavy atom. The summed E-state index contributed by atoms with van der Waals surface area (Å²) < 4.78 is 0. The Labute approximate surface area is 142 Å². The van der Waals surface area contributed by atoms with E-state index in [4.69, 9.17) is 0 Å². The van der Waals surface area contributed by atoms with Crippen molar-refractivity contribution in [3.63, 3.8) is 0 Å². The Kier molecular flexibility index (Phi) is 5.30. The second-order valence-corrected chi connectivity index (χ2v) is 8.56. The highest BCUT2D eigenvalue weighted by Crippen LogP contribution is 2.33. The molecule has 2 aromatic rings. The molecule has 0 saturated carbocycles. The van der Waals surface area contributed by atoms with E-state index in [1.54, 1.807) is 10.4 Å². The minimum atomic E-state index is -0.353. The normalized spacial score (nSPS) is 14.8. The number of rotatable bonds is 6.